The van der Waals surface area contributed by atoms with Gasteiger partial charge >= 0.3 is 0 Å². The zero-order valence-corrected chi connectivity index (χ0v) is 14.1. The molecule has 0 aromatic rings. The van der Waals surface area contributed by atoms with Gasteiger partial charge in [0.25, 0.3) is 0 Å². The fourth-order valence-electron chi connectivity index (χ4n) is 3.49. The van der Waals surface area contributed by atoms with Gasteiger partial charge in [-0.1, -0.05) is 34.6 Å². The molecular weight excluding hydrogens is 248 g/mol. The van der Waals surface area contributed by atoms with Crippen LogP contribution in [0.5, 0.6) is 0 Å². The summed E-state index contributed by atoms with van der Waals surface area (Å²) < 4.78 is 5.97. The SMILES string of the molecule is CC(C)C1CNC(C(C)(C)C)CN1CC1CCCCO1. The highest BCUT2D eigenvalue weighted by molar-refractivity contribution is 4.93. The number of hydrogen-bond acceptors (Lipinski definition) is 3. The van der Waals surface area contributed by atoms with Gasteiger partial charge in [-0.25, -0.2) is 0 Å². The van der Waals surface area contributed by atoms with E-state index in [1.165, 1.54) is 19.3 Å². The molecular formula is C17H34N2O. The van der Waals surface area contributed by atoms with Crippen LogP contribution in [-0.4, -0.2) is 49.3 Å². The van der Waals surface area contributed by atoms with E-state index in [2.05, 4.69) is 44.8 Å². The Kier molecular flexibility index (Phi) is 5.49. The maximum atomic E-state index is 5.97. The molecule has 0 radical (unpaired) electrons. The molecule has 3 atom stereocenters. The molecule has 0 spiro atoms. The normalized spacial score (nSPS) is 33.6. The summed E-state index contributed by atoms with van der Waals surface area (Å²) >= 11 is 0. The van der Waals surface area contributed by atoms with E-state index in [9.17, 15) is 0 Å². The van der Waals surface area contributed by atoms with Gasteiger partial charge in [0.1, 0.15) is 0 Å². The quantitative estimate of drug-likeness (QED) is 0.861. The minimum absolute atomic E-state index is 0.327. The van der Waals surface area contributed by atoms with Crippen LogP contribution in [0.25, 0.3) is 0 Å². The molecule has 0 aromatic heterocycles. The Morgan fingerprint density at radius 3 is 2.55 bits per heavy atom. The van der Waals surface area contributed by atoms with E-state index < -0.39 is 0 Å². The van der Waals surface area contributed by atoms with Gasteiger partial charge in [0, 0.05) is 38.3 Å². The summed E-state index contributed by atoms with van der Waals surface area (Å²) in [4.78, 5) is 2.70. The Labute approximate surface area is 125 Å². The summed E-state index contributed by atoms with van der Waals surface area (Å²) in [5.41, 5.74) is 0.327. The van der Waals surface area contributed by atoms with Crippen LogP contribution in [0.4, 0.5) is 0 Å². The van der Waals surface area contributed by atoms with Crippen LogP contribution in [0.1, 0.15) is 53.9 Å². The second-order valence-electron chi connectivity index (χ2n) is 8.08. The smallest absolute Gasteiger partial charge is 0.0702 e. The first-order chi connectivity index (χ1) is 9.38. The summed E-state index contributed by atoms with van der Waals surface area (Å²) in [5.74, 6) is 0.701. The van der Waals surface area contributed by atoms with Crippen molar-refractivity contribution in [1.82, 2.24) is 10.2 Å². The van der Waals surface area contributed by atoms with E-state index in [1.54, 1.807) is 0 Å². The average molecular weight is 282 g/mol. The molecule has 2 rings (SSSR count). The van der Waals surface area contributed by atoms with Gasteiger partial charge in [-0.2, -0.15) is 0 Å². The van der Waals surface area contributed by atoms with Crippen molar-refractivity contribution in [2.45, 2.75) is 72.1 Å². The average Bonchev–Trinajstić information content (AvgIpc) is 2.38. The molecule has 2 aliphatic heterocycles. The Balaban J connectivity index is 1.98. The van der Waals surface area contributed by atoms with Crippen LogP contribution >= 0.6 is 0 Å². The molecule has 2 aliphatic rings. The van der Waals surface area contributed by atoms with Crippen LogP contribution in [0.3, 0.4) is 0 Å². The lowest BCUT2D eigenvalue weighted by atomic mass is 9.83. The lowest BCUT2D eigenvalue weighted by Crippen LogP contribution is -2.62. The van der Waals surface area contributed by atoms with Crippen molar-refractivity contribution in [3.05, 3.63) is 0 Å². The van der Waals surface area contributed by atoms with Gasteiger partial charge in [-0.3, -0.25) is 4.90 Å². The molecule has 0 aliphatic carbocycles. The van der Waals surface area contributed by atoms with Crippen LogP contribution in [0.2, 0.25) is 0 Å². The van der Waals surface area contributed by atoms with E-state index in [0.717, 1.165) is 26.2 Å². The summed E-state index contributed by atoms with van der Waals surface area (Å²) in [6.07, 6.45) is 4.29. The number of ether oxygens (including phenoxy) is 1. The minimum atomic E-state index is 0.327. The standard InChI is InChI=1S/C17H34N2O/c1-13(2)15-10-18-16(17(3,4)5)12-19(15)11-14-8-6-7-9-20-14/h13-16,18H,6-12H2,1-5H3. The van der Waals surface area contributed by atoms with Crippen LogP contribution in [0.15, 0.2) is 0 Å². The summed E-state index contributed by atoms with van der Waals surface area (Å²) in [7, 11) is 0. The predicted molar refractivity (Wildman–Crippen MR) is 85.0 cm³/mol. The predicted octanol–water partition coefficient (Wildman–Crippen LogP) is 2.90. The van der Waals surface area contributed by atoms with Crippen LogP contribution in [-0.2, 0) is 4.74 Å². The molecule has 3 nitrogen and oxygen atoms in total. The van der Waals surface area contributed by atoms with Gasteiger partial charge in [-0.05, 0) is 30.6 Å². The van der Waals surface area contributed by atoms with E-state index >= 15 is 0 Å². The van der Waals surface area contributed by atoms with Crippen molar-refractivity contribution < 1.29 is 4.74 Å². The molecule has 3 heteroatoms. The molecule has 1 N–H and O–H groups in total. The molecule has 20 heavy (non-hydrogen) atoms. The molecule has 3 unspecified atom stereocenters. The molecule has 0 aromatic carbocycles. The first-order valence-corrected chi connectivity index (χ1v) is 8.47. The maximum Gasteiger partial charge on any atom is 0.0702 e. The molecule has 2 fully saturated rings. The highest BCUT2D eigenvalue weighted by Crippen LogP contribution is 2.26. The second kappa shape index (κ2) is 6.76. The van der Waals surface area contributed by atoms with E-state index in [1.807, 2.05) is 0 Å². The van der Waals surface area contributed by atoms with Gasteiger partial charge < -0.3 is 10.1 Å². The van der Waals surface area contributed by atoms with E-state index in [4.69, 9.17) is 4.74 Å². The third kappa shape index (κ3) is 4.19. The monoisotopic (exact) mass is 282 g/mol. The molecule has 0 amide bonds. The number of rotatable bonds is 3. The molecule has 0 saturated carbocycles. The fraction of sp³-hybridized carbons (Fsp3) is 1.00. The first-order valence-electron chi connectivity index (χ1n) is 8.47. The fourth-order valence-corrected chi connectivity index (χ4v) is 3.49. The number of nitrogens with zero attached hydrogens (tertiary/aromatic N) is 1. The third-order valence-corrected chi connectivity index (χ3v) is 4.99. The van der Waals surface area contributed by atoms with E-state index in [0.29, 0.717) is 29.5 Å². The first kappa shape index (κ1) is 16.3. The molecule has 2 heterocycles. The highest BCUT2D eigenvalue weighted by Gasteiger charge is 2.36. The second-order valence-corrected chi connectivity index (χ2v) is 8.08. The topological polar surface area (TPSA) is 24.5 Å². The highest BCUT2D eigenvalue weighted by atomic mass is 16.5. The van der Waals surface area contributed by atoms with Gasteiger partial charge in [-0.15, -0.1) is 0 Å². The Hall–Kier alpha value is -0.120. The Morgan fingerprint density at radius 1 is 1.25 bits per heavy atom. The van der Waals surface area contributed by atoms with Crippen molar-refractivity contribution in [3.8, 4) is 0 Å². The zero-order chi connectivity index (χ0) is 14.8. The Bertz CT molecular complexity index is 292. The maximum absolute atomic E-state index is 5.97. The Morgan fingerprint density at radius 2 is 2.00 bits per heavy atom. The van der Waals surface area contributed by atoms with Crippen molar-refractivity contribution >= 4 is 0 Å². The van der Waals surface area contributed by atoms with Crippen molar-refractivity contribution in [1.29, 1.82) is 0 Å². The summed E-state index contributed by atoms with van der Waals surface area (Å²) in [5, 5.41) is 3.78. The van der Waals surface area contributed by atoms with Gasteiger partial charge in [0.05, 0.1) is 6.10 Å². The van der Waals surface area contributed by atoms with Gasteiger partial charge in [0.2, 0.25) is 0 Å². The van der Waals surface area contributed by atoms with Gasteiger partial charge in [0.15, 0.2) is 0 Å². The molecule has 2 saturated heterocycles. The summed E-state index contributed by atoms with van der Waals surface area (Å²) in [6, 6.07) is 1.24. The number of nitrogens with one attached hydrogen (secondary N) is 1. The van der Waals surface area contributed by atoms with Crippen molar-refractivity contribution in [3.63, 3.8) is 0 Å². The molecule has 118 valence electrons. The van der Waals surface area contributed by atoms with Crippen LogP contribution in [0, 0.1) is 11.3 Å². The lowest BCUT2D eigenvalue weighted by molar-refractivity contribution is -0.0328. The zero-order valence-electron chi connectivity index (χ0n) is 14.1. The minimum Gasteiger partial charge on any atom is -0.377 e. The van der Waals surface area contributed by atoms with Crippen molar-refractivity contribution in [2.75, 3.05) is 26.2 Å². The third-order valence-electron chi connectivity index (χ3n) is 4.99. The lowest BCUT2D eigenvalue weighted by Gasteiger charge is -2.47. The number of hydrogen-bond donors (Lipinski definition) is 1. The summed E-state index contributed by atoms with van der Waals surface area (Å²) in [6.45, 7) is 16.1. The number of piperazine rings is 1. The van der Waals surface area contributed by atoms with E-state index in [-0.39, 0.29) is 0 Å². The van der Waals surface area contributed by atoms with Crippen LogP contribution < -0.4 is 5.32 Å². The largest absolute Gasteiger partial charge is 0.377 e. The van der Waals surface area contributed by atoms with Crippen molar-refractivity contribution in [2.24, 2.45) is 11.3 Å². The molecule has 0 bridgehead atoms.